The zero-order valence-corrected chi connectivity index (χ0v) is 7.23. The molecule has 0 bridgehead atoms. The Morgan fingerprint density at radius 2 is 2.42 bits per heavy atom. The molecular formula is C10H14O2. The highest BCUT2D eigenvalue weighted by Crippen LogP contribution is 2.72. The molecule has 12 heavy (non-hydrogen) atoms. The maximum absolute atomic E-state index is 9.15. The van der Waals surface area contributed by atoms with E-state index in [0.717, 1.165) is 6.42 Å². The molecule has 0 amide bonds. The third kappa shape index (κ3) is 0.511. The molecular weight excluding hydrogens is 152 g/mol. The van der Waals surface area contributed by atoms with Gasteiger partial charge in [0.1, 0.15) is 0 Å². The van der Waals surface area contributed by atoms with E-state index in [1.807, 2.05) is 7.11 Å². The first-order chi connectivity index (χ1) is 5.84. The van der Waals surface area contributed by atoms with Gasteiger partial charge in [0, 0.05) is 31.5 Å². The summed E-state index contributed by atoms with van der Waals surface area (Å²) >= 11 is 0. The van der Waals surface area contributed by atoms with E-state index in [1.54, 1.807) is 0 Å². The molecule has 2 nitrogen and oxygen atoms in total. The third-order valence-electron chi connectivity index (χ3n) is 4.10. The van der Waals surface area contributed by atoms with Gasteiger partial charge >= 0.3 is 0 Å². The van der Waals surface area contributed by atoms with E-state index in [2.05, 4.69) is 12.2 Å². The molecule has 0 unspecified atom stereocenters. The van der Waals surface area contributed by atoms with Crippen LogP contribution in [0.4, 0.5) is 0 Å². The molecule has 3 aliphatic carbocycles. The highest BCUT2D eigenvalue weighted by Gasteiger charge is 2.76. The van der Waals surface area contributed by atoms with E-state index < -0.39 is 0 Å². The summed E-state index contributed by atoms with van der Waals surface area (Å²) in [5.74, 6) is 2.34. The number of hydrogen-bond donors (Lipinski definition) is 1. The van der Waals surface area contributed by atoms with Crippen molar-refractivity contribution in [3.05, 3.63) is 12.2 Å². The average Bonchev–Trinajstić information content (AvgIpc) is 2.55. The average molecular weight is 166 g/mol. The lowest BCUT2D eigenvalue weighted by atomic mass is 9.98. The van der Waals surface area contributed by atoms with Crippen LogP contribution in [0.25, 0.3) is 0 Å². The third-order valence-corrected chi connectivity index (χ3v) is 4.10. The van der Waals surface area contributed by atoms with Crippen molar-refractivity contribution in [1.29, 1.82) is 0 Å². The molecule has 2 heteroatoms. The molecule has 0 saturated heterocycles. The van der Waals surface area contributed by atoms with Gasteiger partial charge in [-0.15, -0.1) is 0 Å². The summed E-state index contributed by atoms with van der Waals surface area (Å²) in [5.41, 5.74) is 0.132. The number of ether oxygens (including phenoxy) is 1. The SMILES string of the molecule is CO[C@@]12[C@@H]3[C@H](CO)C[C@@H]1C=C[C@H]32. The minimum Gasteiger partial charge on any atom is -0.396 e. The molecule has 3 aliphatic rings. The molecule has 2 saturated carbocycles. The minimum atomic E-state index is 0.132. The molecule has 2 fully saturated rings. The Labute approximate surface area is 72.2 Å². The number of aliphatic hydroxyl groups is 1. The Morgan fingerprint density at radius 1 is 1.58 bits per heavy atom. The molecule has 1 N–H and O–H groups in total. The number of fused-ring (bicyclic) bond motifs is 1. The van der Waals surface area contributed by atoms with E-state index in [4.69, 9.17) is 9.84 Å². The fraction of sp³-hybridized carbons (Fsp3) is 0.800. The van der Waals surface area contributed by atoms with Crippen molar-refractivity contribution in [2.24, 2.45) is 23.7 Å². The van der Waals surface area contributed by atoms with Crippen LogP contribution in [0.2, 0.25) is 0 Å². The molecule has 0 radical (unpaired) electrons. The predicted octanol–water partition coefficient (Wildman–Crippen LogP) is 0.816. The number of rotatable bonds is 2. The van der Waals surface area contributed by atoms with Crippen molar-refractivity contribution >= 4 is 0 Å². The molecule has 3 rings (SSSR count). The van der Waals surface area contributed by atoms with Gasteiger partial charge in [-0.1, -0.05) is 12.2 Å². The Bertz CT molecular complexity index is 248. The summed E-state index contributed by atoms with van der Waals surface area (Å²) in [5, 5.41) is 9.15. The van der Waals surface area contributed by atoms with E-state index in [1.165, 1.54) is 0 Å². The predicted molar refractivity (Wildman–Crippen MR) is 44.5 cm³/mol. The number of aliphatic hydroxyl groups excluding tert-OH is 1. The first kappa shape index (κ1) is 7.10. The summed E-state index contributed by atoms with van der Waals surface area (Å²) in [4.78, 5) is 0. The second-order valence-electron chi connectivity index (χ2n) is 4.28. The summed E-state index contributed by atoms with van der Waals surface area (Å²) in [7, 11) is 1.81. The molecule has 0 aliphatic heterocycles. The van der Waals surface area contributed by atoms with Crippen molar-refractivity contribution in [1.82, 2.24) is 0 Å². The zero-order valence-electron chi connectivity index (χ0n) is 7.23. The van der Waals surface area contributed by atoms with Gasteiger partial charge in [-0.05, 0) is 12.3 Å². The summed E-state index contributed by atoms with van der Waals surface area (Å²) in [6.45, 7) is 0.338. The minimum absolute atomic E-state index is 0.132. The molecule has 0 aromatic rings. The Balaban J connectivity index is 1.94. The summed E-state index contributed by atoms with van der Waals surface area (Å²) < 4.78 is 5.62. The zero-order chi connectivity index (χ0) is 8.34. The second kappa shape index (κ2) is 1.94. The van der Waals surface area contributed by atoms with Gasteiger partial charge in [-0.2, -0.15) is 0 Å². The van der Waals surface area contributed by atoms with E-state index in [-0.39, 0.29) is 5.60 Å². The van der Waals surface area contributed by atoms with Crippen LogP contribution in [0, 0.1) is 23.7 Å². The highest BCUT2D eigenvalue weighted by molar-refractivity contribution is 5.37. The first-order valence-corrected chi connectivity index (χ1v) is 4.69. The standard InChI is InChI=1S/C10H14O2/c1-12-10-7-2-3-8(10)9(10)6(4-7)5-11/h2-3,6-9,11H,4-5H2,1H3/t6-,7-,8+,9+,10-/m0/s1. The van der Waals surface area contributed by atoms with Crippen LogP contribution in [0.1, 0.15) is 6.42 Å². The molecule has 66 valence electrons. The highest BCUT2D eigenvalue weighted by atomic mass is 16.5. The van der Waals surface area contributed by atoms with Gasteiger partial charge in [0.25, 0.3) is 0 Å². The lowest BCUT2D eigenvalue weighted by molar-refractivity contribution is 0.0459. The van der Waals surface area contributed by atoms with E-state index >= 15 is 0 Å². The van der Waals surface area contributed by atoms with Gasteiger partial charge in [0.15, 0.2) is 0 Å². The van der Waals surface area contributed by atoms with Crippen molar-refractivity contribution < 1.29 is 9.84 Å². The van der Waals surface area contributed by atoms with Gasteiger partial charge in [-0.25, -0.2) is 0 Å². The normalized spacial score (nSPS) is 59.2. The van der Waals surface area contributed by atoms with Crippen LogP contribution in [-0.4, -0.2) is 24.4 Å². The van der Waals surface area contributed by atoms with Crippen LogP contribution in [0.5, 0.6) is 0 Å². The van der Waals surface area contributed by atoms with Gasteiger partial charge in [0.05, 0.1) is 5.60 Å². The first-order valence-electron chi connectivity index (χ1n) is 4.69. The molecule has 0 aromatic carbocycles. The Hall–Kier alpha value is -0.340. The van der Waals surface area contributed by atoms with Gasteiger partial charge in [0.2, 0.25) is 0 Å². The molecule has 0 aromatic heterocycles. The fourth-order valence-corrected chi connectivity index (χ4v) is 3.62. The van der Waals surface area contributed by atoms with Gasteiger partial charge < -0.3 is 9.84 Å². The fourth-order valence-electron chi connectivity index (χ4n) is 3.62. The van der Waals surface area contributed by atoms with Crippen molar-refractivity contribution in [3.63, 3.8) is 0 Å². The maximum Gasteiger partial charge on any atom is 0.0845 e. The van der Waals surface area contributed by atoms with Crippen LogP contribution in [0.3, 0.4) is 0 Å². The number of hydrogen-bond acceptors (Lipinski definition) is 2. The van der Waals surface area contributed by atoms with Crippen LogP contribution < -0.4 is 0 Å². The lowest BCUT2D eigenvalue weighted by Crippen LogP contribution is -2.20. The largest absolute Gasteiger partial charge is 0.396 e. The topological polar surface area (TPSA) is 29.5 Å². The van der Waals surface area contributed by atoms with Crippen molar-refractivity contribution in [2.75, 3.05) is 13.7 Å². The Kier molecular flexibility index (Phi) is 1.15. The van der Waals surface area contributed by atoms with Crippen LogP contribution in [-0.2, 0) is 4.74 Å². The van der Waals surface area contributed by atoms with E-state index in [0.29, 0.717) is 30.3 Å². The monoisotopic (exact) mass is 166 g/mol. The van der Waals surface area contributed by atoms with E-state index in [9.17, 15) is 0 Å². The quantitative estimate of drug-likeness (QED) is 0.615. The molecule has 0 spiro atoms. The van der Waals surface area contributed by atoms with Gasteiger partial charge in [-0.3, -0.25) is 0 Å². The van der Waals surface area contributed by atoms with Crippen molar-refractivity contribution in [2.45, 2.75) is 12.0 Å². The second-order valence-corrected chi connectivity index (χ2v) is 4.28. The molecule has 5 atom stereocenters. The molecule has 0 heterocycles. The van der Waals surface area contributed by atoms with Crippen molar-refractivity contribution in [3.8, 4) is 0 Å². The van der Waals surface area contributed by atoms with Crippen LogP contribution >= 0.6 is 0 Å². The Morgan fingerprint density at radius 3 is 2.92 bits per heavy atom. The maximum atomic E-state index is 9.15. The summed E-state index contributed by atoms with van der Waals surface area (Å²) in [6.07, 6.45) is 5.69. The van der Waals surface area contributed by atoms with Crippen LogP contribution in [0.15, 0.2) is 12.2 Å². The number of methoxy groups -OCH3 is 1. The smallest absolute Gasteiger partial charge is 0.0845 e. The summed E-state index contributed by atoms with van der Waals surface area (Å²) in [6, 6.07) is 0. The lowest BCUT2D eigenvalue weighted by Gasteiger charge is -2.15.